The van der Waals surface area contributed by atoms with Gasteiger partial charge in [0.2, 0.25) is 0 Å². The van der Waals surface area contributed by atoms with Crippen LogP contribution in [0.4, 0.5) is 0 Å². The van der Waals surface area contributed by atoms with Gasteiger partial charge >= 0.3 is 0 Å². The fraction of sp³-hybridized carbons (Fsp3) is 0.812. The summed E-state index contributed by atoms with van der Waals surface area (Å²) in [6.45, 7) is 5.82. The molecular weight excluding hydrogens is 308 g/mol. The minimum Gasteiger partial charge on any atom is -0.357 e. The molecule has 1 aromatic heterocycles. The summed E-state index contributed by atoms with van der Waals surface area (Å²) in [7, 11) is 1.92. The standard InChI is InChI=1S/C16H28N6S/c1-3-17-15(18-11-14-19-13-20-21(14)2)22-9-10-23-16(12-22)7-5-4-6-8-16/h13H,3-12H2,1-2H3,(H,17,18). The first-order valence-corrected chi connectivity index (χ1v) is 9.71. The van der Waals surface area contributed by atoms with E-state index in [0.717, 1.165) is 31.4 Å². The number of guanidine groups is 1. The minimum absolute atomic E-state index is 0.456. The highest BCUT2D eigenvalue weighted by molar-refractivity contribution is 8.00. The van der Waals surface area contributed by atoms with Gasteiger partial charge in [-0.15, -0.1) is 0 Å². The first-order chi connectivity index (χ1) is 11.2. The topological polar surface area (TPSA) is 58.3 Å². The summed E-state index contributed by atoms with van der Waals surface area (Å²) in [5.41, 5.74) is 0. The van der Waals surface area contributed by atoms with Crippen LogP contribution >= 0.6 is 11.8 Å². The van der Waals surface area contributed by atoms with Gasteiger partial charge in [0.1, 0.15) is 18.7 Å². The molecule has 6 nitrogen and oxygen atoms in total. The summed E-state index contributed by atoms with van der Waals surface area (Å²) in [6.07, 6.45) is 8.48. The van der Waals surface area contributed by atoms with E-state index in [1.54, 1.807) is 11.0 Å². The Labute approximate surface area is 143 Å². The summed E-state index contributed by atoms with van der Waals surface area (Å²) in [6, 6.07) is 0. The molecule has 0 aromatic carbocycles. The van der Waals surface area contributed by atoms with Crippen LogP contribution in [0.5, 0.6) is 0 Å². The van der Waals surface area contributed by atoms with Gasteiger partial charge in [-0.1, -0.05) is 19.3 Å². The molecule has 0 amide bonds. The van der Waals surface area contributed by atoms with Gasteiger partial charge < -0.3 is 10.2 Å². The maximum absolute atomic E-state index is 4.82. The molecule has 0 unspecified atom stereocenters. The quantitative estimate of drug-likeness (QED) is 0.676. The third-order valence-electron chi connectivity index (χ3n) is 4.82. The lowest BCUT2D eigenvalue weighted by atomic mass is 9.87. The van der Waals surface area contributed by atoms with Gasteiger partial charge in [0.15, 0.2) is 5.96 Å². The predicted molar refractivity (Wildman–Crippen MR) is 95.7 cm³/mol. The van der Waals surface area contributed by atoms with Crippen LogP contribution in [0.3, 0.4) is 0 Å². The van der Waals surface area contributed by atoms with E-state index in [1.807, 2.05) is 7.05 Å². The number of hydrogen-bond donors (Lipinski definition) is 1. The Morgan fingerprint density at radius 2 is 2.22 bits per heavy atom. The van der Waals surface area contributed by atoms with Gasteiger partial charge in [-0.05, 0) is 19.8 Å². The molecule has 1 saturated carbocycles. The van der Waals surface area contributed by atoms with Gasteiger partial charge in [0.25, 0.3) is 0 Å². The number of thioether (sulfide) groups is 1. The lowest BCUT2D eigenvalue weighted by molar-refractivity contribution is 0.293. The van der Waals surface area contributed by atoms with Crippen molar-refractivity contribution in [2.24, 2.45) is 12.0 Å². The average molecular weight is 337 g/mol. The normalized spacial score (nSPS) is 21.7. The SMILES string of the molecule is CCNC(=NCc1ncnn1C)N1CCSC2(CCCCC2)C1. The minimum atomic E-state index is 0.456. The fourth-order valence-electron chi connectivity index (χ4n) is 3.56. The smallest absolute Gasteiger partial charge is 0.194 e. The van der Waals surface area contributed by atoms with Crippen molar-refractivity contribution in [3.05, 3.63) is 12.2 Å². The number of nitrogens with zero attached hydrogens (tertiary/aromatic N) is 5. The van der Waals surface area contributed by atoms with Crippen LogP contribution in [-0.4, -0.2) is 55.8 Å². The Kier molecular flexibility index (Phi) is 5.46. The summed E-state index contributed by atoms with van der Waals surface area (Å²) >= 11 is 2.19. The molecule has 1 aliphatic carbocycles. The largest absolute Gasteiger partial charge is 0.357 e. The third-order valence-corrected chi connectivity index (χ3v) is 6.36. The van der Waals surface area contributed by atoms with E-state index in [2.05, 4.69) is 39.0 Å². The lowest BCUT2D eigenvalue weighted by Gasteiger charge is -2.45. The summed E-state index contributed by atoms with van der Waals surface area (Å²) < 4.78 is 2.25. The molecule has 2 fully saturated rings. The molecular formula is C16H28N6S. The monoisotopic (exact) mass is 336 g/mol. The lowest BCUT2D eigenvalue weighted by Crippen LogP contribution is -2.53. The van der Waals surface area contributed by atoms with E-state index in [4.69, 9.17) is 4.99 Å². The Morgan fingerprint density at radius 3 is 2.91 bits per heavy atom. The zero-order chi connectivity index (χ0) is 16.1. The molecule has 2 heterocycles. The highest BCUT2D eigenvalue weighted by atomic mass is 32.2. The number of aliphatic imine (C=N–C) groups is 1. The number of hydrogen-bond acceptors (Lipinski definition) is 4. The van der Waals surface area contributed by atoms with E-state index in [9.17, 15) is 0 Å². The second-order valence-corrected chi connectivity index (χ2v) is 8.05. The summed E-state index contributed by atoms with van der Waals surface area (Å²) in [5.74, 6) is 3.13. The van der Waals surface area contributed by atoms with E-state index in [1.165, 1.54) is 37.9 Å². The Bertz CT molecular complexity index is 529. The predicted octanol–water partition coefficient (Wildman–Crippen LogP) is 2.03. The van der Waals surface area contributed by atoms with Crippen molar-refractivity contribution < 1.29 is 0 Å². The molecule has 1 N–H and O–H groups in total. The molecule has 0 radical (unpaired) electrons. The molecule has 1 spiro atoms. The molecule has 0 atom stereocenters. The summed E-state index contributed by atoms with van der Waals surface area (Å²) in [4.78, 5) is 11.5. The fourth-order valence-corrected chi connectivity index (χ4v) is 5.13. The molecule has 23 heavy (non-hydrogen) atoms. The van der Waals surface area contributed by atoms with Crippen molar-refractivity contribution in [1.29, 1.82) is 0 Å². The molecule has 3 rings (SSSR count). The Morgan fingerprint density at radius 1 is 1.39 bits per heavy atom. The van der Waals surface area contributed by atoms with Crippen LogP contribution in [0.15, 0.2) is 11.3 Å². The van der Waals surface area contributed by atoms with Crippen molar-refractivity contribution in [2.45, 2.75) is 50.3 Å². The van der Waals surface area contributed by atoms with E-state index in [0.29, 0.717) is 11.3 Å². The van der Waals surface area contributed by atoms with Crippen molar-refractivity contribution in [2.75, 3.05) is 25.4 Å². The number of aromatic nitrogens is 3. The van der Waals surface area contributed by atoms with Gasteiger partial charge in [-0.25, -0.2) is 9.98 Å². The van der Waals surface area contributed by atoms with Crippen LogP contribution in [0, 0.1) is 0 Å². The van der Waals surface area contributed by atoms with Crippen molar-refractivity contribution in [3.63, 3.8) is 0 Å². The van der Waals surface area contributed by atoms with Crippen LogP contribution < -0.4 is 5.32 Å². The molecule has 1 aromatic rings. The van der Waals surface area contributed by atoms with Crippen molar-refractivity contribution in [3.8, 4) is 0 Å². The second-order valence-electron chi connectivity index (χ2n) is 6.48. The number of rotatable bonds is 3. The highest BCUT2D eigenvalue weighted by Gasteiger charge is 2.38. The second kappa shape index (κ2) is 7.55. The molecule has 7 heteroatoms. The first kappa shape index (κ1) is 16.6. The Balaban J connectivity index is 1.70. The summed E-state index contributed by atoms with van der Waals surface area (Å²) in [5, 5.41) is 7.59. The number of nitrogens with one attached hydrogen (secondary N) is 1. The number of aryl methyl sites for hydroxylation is 1. The maximum atomic E-state index is 4.82. The average Bonchev–Trinajstić information content (AvgIpc) is 2.97. The molecule has 0 bridgehead atoms. The van der Waals surface area contributed by atoms with Crippen LogP contribution in [0.1, 0.15) is 44.9 Å². The maximum Gasteiger partial charge on any atom is 0.194 e. The molecule has 2 aliphatic rings. The van der Waals surface area contributed by atoms with E-state index in [-0.39, 0.29) is 0 Å². The molecule has 128 valence electrons. The van der Waals surface area contributed by atoms with Gasteiger partial charge in [-0.3, -0.25) is 4.68 Å². The van der Waals surface area contributed by atoms with Crippen LogP contribution in [0.2, 0.25) is 0 Å². The molecule has 1 aliphatic heterocycles. The van der Waals surface area contributed by atoms with Gasteiger partial charge in [0.05, 0.1) is 0 Å². The first-order valence-electron chi connectivity index (χ1n) is 8.72. The van der Waals surface area contributed by atoms with Gasteiger partial charge in [-0.2, -0.15) is 16.9 Å². The van der Waals surface area contributed by atoms with Crippen LogP contribution in [0.25, 0.3) is 0 Å². The van der Waals surface area contributed by atoms with Crippen molar-refractivity contribution >= 4 is 17.7 Å². The zero-order valence-electron chi connectivity index (χ0n) is 14.3. The van der Waals surface area contributed by atoms with E-state index < -0.39 is 0 Å². The Hall–Kier alpha value is -1.24. The van der Waals surface area contributed by atoms with Gasteiger partial charge in [0, 0.05) is 37.2 Å². The zero-order valence-corrected chi connectivity index (χ0v) is 15.1. The molecule has 1 saturated heterocycles. The van der Waals surface area contributed by atoms with Crippen molar-refractivity contribution in [1.82, 2.24) is 25.0 Å². The highest BCUT2D eigenvalue weighted by Crippen LogP contribution is 2.42. The van der Waals surface area contributed by atoms with Crippen LogP contribution in [-0.2, 0) is 13.6 Å². The van der Waals surface area contributed by atoms with E-state index >= 15 is 0 Å². The third kappa shape index (κ3) is 4.00.